The molecule has 0 unspecified atom stereocenters. The van der Waals surface area contributed by atoms with Crippen LogP contribution in [0.2, 0.25) is 5.02 Å². The summed E-state index contributed by atoms with van der Waals surface area (Å²) >= 11 is 5.83. The zero-order valence-corrected chi connectivity index (χ0v) is 14.0. The Bertz CT molecular complexity index is 633. The number of hydrogen-bond acceptors (Lipinski definition) is 3. The summed E-state index contributed by atoms with van der Waals surface area (Å²) < 4.78 is 0. The number of nitrogens with two attached hydrogens (primary N) is 1. The van der Waals surface area contributed by atoms with Gasteiger partial charge in [0.05, 0.1) is 5.56 Å². The molecule has 1 atom stereocenters. The first-order valence-corrected chi connectivity index (χ1v) is 8.43. The predicted molar refractivity (Wildman–Crippen MR) is 90.3 cm³/mol. The van der Waals surface area contributed by atoms with Crippen molar-refractivity contribution in [3.63, 3.8) is 0 Å². The number of carbonyl (C=O) groups is 2. The molecule has 2 amide bonds. The summed E-state index contributed by atoms with van der Waals surface area (Å²) in [7, 11) is 0. The molecular formula is C17H22ClN3O2. The highest BCUT2D eigenvalue weighted by Crippen LogP contribution is 2.53. The predicted octanol–water partition coefficient (Wildman–Crippen LogP) is 2.44. The molecule has 1 spiro atoms. The van der Waals surface area contributed by atoms with E-state index in [1.807, 2.05) is 4.90 Å². The van der Waals surface area contributed by atoms with Crippen LogP contribution in [0.3, 0.4) is 0 Å². The topological polar surface area (TPSA) is 75.4 Å². The first-order valence-electron chi connectivity index (χ1n) is 8.05. The molecule has 0 bridgehead atoms. The molecule has 124 valence electrons. The second kappa shape index (κ2) is 6.04. The Morgan fingerprint density at radius 2 is 1.91 bits per heavy atom. The van der Waals surface area contributed by atoms with Crippen molar-refractivity contribution in [1.29, 1.82) is 0 Å². The van der Waals surface area contributed by atoms with E-state index in [9.17, 15) is 9.59 Å². The van der Waals surface area contributed by atoms with Gasteiger partial charge in [-0.25, -0.2) is 0 Å². The van der Waals surface area contributed by atoms with Crippen molar-refractivity contribution in [2.24, 2.45) is 5.41 Å². The molecule has 3 N–H and O–H groups in total. The van der Waals surface area contributed by atoms with E-state index in [-0.39, 0.29) is 11.8 Å². The Morgan fingerprint density at radius 1 is 1.26 bits per heavy atom. The van der Waals surface area contributed by atoms with E-state index < -0.39 is 6.04 Å². The fourth-order valence-corrected chi connectivity index (χ4v) is 3.41. The summed E-state index contributed by atoms with van der Waals surface area (Å²) in [5.41, 5.74) is 6.99. The molecule has 0 radical (unpaired) electrons. The Labute approximate surface area is 141 Å². The number of halogens is 1. The first-order chi connectivity index (χ1) is 10.9. The maximum atomic E-state index is 12.5. The van der Waals surface area contributed by atoms with Gasteiger partial charge in [0.25, 0.3) is 5.91 Å². The molecule has 1 aromatic carbocycles. The van der Waals surface area contributed by atoms with E-state index in [2.05, 4.69) is 5.32 Å². The van der Waals surface area contributed by atoms with E-state index in [1.165, 1.54) is 18.9 Å². The minimum absolute atomic E-state index is 0.0265. The van der Waals surface area contributed by atoms with Crippen molar-refractivity contribution in [2.75, 3.05) is 18.8 Å². The van der Waals surface area contributed by atoms with Crippen LogP contribution in [-0.4, -0.2) is 35.8 Å². The standard InChI is InChI=1S/C17H22ClN3O2/c1-11(16(23)21-8-6-17(4-5-17)7-9-21)20-15(22)13-3-2-12(18)10-14(13)19/h2-3,10-11H,4-9,19H2,1H3,(H,20,22)/t11-/m0/s1. The van der Waals surface area contributed by atoms with E-state index in [4.69, 9.17) is 17.3 Å². The van der Waals surface area contributed by atoms with Gasteiger partial charge >= 0.3 is 0 Å². The third-order valence-corrected chi connectivity index (χ3v) is 5.30. The largest absolute Gasteiger partial charge is 0.398 e. The summed E-state index contributed by atoms with van der Waals surface area (Å²) in [5.74, 6) is -0.378. The molecule has 1 aliphatic carbocycles. The summed E-state index contributed by atoms with van der Waals surface area (Å²) in [4.78, 5) is 26.6. The van der Waals surface area contributed by atoms with Crippen LogP contribution in [-0.2, 0) is 4.79 Å². The quantitative estimate of drug-likeness (QED) is 0.833. The number of nitrogens with zero attached hydrogens (tertiary/aromatic N) is 1. The molecule has 1 aromatic rings. The zero-order valence-electron chi connectivity index (χ0n) is 13.3. The number of amides is 2. The monoisotopic (exact) mass is 335 g/mol. The molecule has 1 saturated heterocycles. The number of likely N-dealkylation sites (tertiary alicyclic amines) is 1. The van der Waals surface area contributed by atoms with Gasteiger partial charge in [0.15, 0.2) is 0 Å². The maximum absolute atomic E-state index is 12.5. The van der Waals surface area contributed by atoms with Gasteiger partial charge in [0.1, 0.15) is 6.04 Å². The molecule has 2 fully saturated rings. The second-order valence-electron chi connectivity index (χ2n) is 6.75. The van der Waals surface area contributed by atoms with Crippen LogP contribution in [0.4, 0.5) is 5.69 Å². The van der Waals surface area contributed by atoms with Crippen molar-refractivity contribution in [1.82, 2.24) is 10.2 Å². The minimum Gasteiger partial charge on any atom is -0.398 e. The molecule has 1 heterocycles. The van der Waals surface area contributed by atoms with Crippen LogP contribution in [0.1, 0.15) is 43.0 Å². The van der Waals surface area contributed by atoms with Crippen molar-refractivity contribution in [3.05, 3.63) is 28.8 Å². The van der Waals surface area contributed by atoms with E-state index in [0.717, 1.165) is 25.9 Å². The highest BCUT2D eigenvalue weighted by atomic mass is 35.5. The maximum Gasteiger partial charge on any atom is 0.254 e. The SMILES string of the molecule is C[C@H](NC(=O)c1ccc(Cl)cc1N)C(=O)N1CCC2(CC1)CC2. The smallest absolute Gasteiger partial charge is 0.254 e. The third kappa shape index (κ3) is 3.44. The Balaban J connectivity index is 1.58. The minimum atomic E-state index is -0.564. The van der Waals surface area contributed by atoms with E-state index in [0.29, 0.717) is 21.7 Å². The van der Waals surface area contributed by atoms with Gasteiger partial charge < -0.3 is 16.0 Å². The molecule has 23 heavy (non-hydrogen) atoms. The highest BCUT2D eigenvalue weighted by Gasteiger charge is 2.45. The molecule has 3 rings (SSSR count). The zero-order chi connectivity index (χ0) is 16.6. The number of nitrogens with one attached hydrogen (secondary N) is 1. The Hall–Kier alpha value is -1.75. The normalized spacial score (nSPS) is 20.2. The number of piperidine rings is 1. The lowest BCUT2D eigenvalue weighted by atomic mass is 9.93. The second-order valence-corrected chi connectivity index (χ2v) is 7.19. The van der Waals surface area contributed by atoms with Gasteiger partial charge in [-0.05, 0) is 56.2 Å². The molecular weight excluding hydrogens is 314 g/mol. The van der Waals surface area contributed by atoms with Crippen molar-refractivity contribution >= 4 is 29.1 Å². The van der Waals surface area contributed by atoms with Crippen molar-refractivity contribution in [3.8, 4) is 0 Å². The third-order valence-electron chi connectivity index (χ3n) is 5.07. The summed E-state index contributed by atoms with van der Waals surface area (Å²) in [6.45, 7) is 3.30. The van der Waals surface area contributed by atoms with Gasteiger partial charge in [-0.15, -0.1) is 0 Å². The number of anilines is 1. The van der Waals surface area contributed by atoms with Gasteiger partial charge in [0, 0.05) is 23.8 Å². The van der Waals surface area contributed by atoms with Crippen LogP contribution < -0.4 is 11.1 Å². The summed E-state index contributed by atoms with van der Waals surface area (Å²) in [6.07, 6.45) is 4.78. The molecule has 2 aliphatic rings. The average Bonchev–Trinajstić information content (AvgIpc) is 3.26. The van der Waals surface area contributed by atoms with Gasteiger partial charge in [-0.2, -0.15) is 0 Å². The van der Waals surface area contributed by atoms with Crippen LogP contribution in [0.25, 0.3) is 0 Å². The molecule has 0 aromatic heterocycles. The number of hydrogen-bond donors (Lipinski definition) is 2. The lowest BCUT2D eigenvalue weighted by molar-refractivity contribution is -0.134. The van der Waals surface area contributed by atoms with Crippen LogP contribution in [0.5, 0.6) is 0 Å². The number of benzene rings is 1. The van der Waals surface area contributed by atoms with Crippen LogP contribution in [0.15, 0.2) is 18.2 Å². The Kier molecular flexibility index (Phi) is 4.23. The van der Waals surface area contributed by atoms with E-state index in [1.54, 1.807) is 19.1 Å². The van der Waals surface area contributed by atoms with Gasteiger partial charge in [-0.3, -0.25) is 9.59 Å². The lowest BCUT2D eigenvalue weighted by Gasteiger charge is -2.33. The van der Waals surface area contributed by atoms with Crippen LogP contribution in [0, 0.1) is 5.41 Å². The number of rotatable bonds is 3. The van der Waals surface area contributed by atoms with E-state index >= 15 is 0 Å². The molecule has 1 saturated carbocycles. The Morgan fingerprint density at radius 3 is 2.48 bits per heavy atom. The lowest BCUT2D eigenvalue weighted by Crippen LogP contribution is -2.49. The number of nitrogen functional groups attached to an aromatic ring is 1. The average molecular weight is 336 g/mol. The van der Waals surface area contributed by atoms with Gasteiger partial charge in [0.2, 0.25) is 5.91 Å². The summed E-state index contributed by atoms with van der Waals surface area (Å²) in [6, 6.07) is 4.15. The van der Waals surface area contributed by atoms with Gasteiger partial charge in [-0.1, -0.05) is 11.6 Å². The molecule has 5 nitrogen and oxygen atoms in total. The van der Waals surface area contributed by atoms with Crippen LogP contribution >= 0.6 is 11.6 Å². The van der Waals surface area contributed by atoms with Crippen molar-refractivity contribution in [2.45, 2.75) is 38.6 Å². The summed E-state index contributed by atoms with van der Waals surface area (Å²) in [5, 5.41) is 3.21. The first kappa shape index (κ1) is 16.1. The highest BCUT2D eigenvalue weighted by molar-refractivity contribution is 6.31. The fourth-order valence-electron chi connectivity index (χ4n) is 3.23. The molecule has 6 heteroatoms. The number of carbonyl (C=O) groups excluding carboxylic acids is 2. The molecule has 1 aliphatic heterocycles. The fraction of sp³-hybridized carbons (Fsp3) is 0.529. The van der Waals surface area contributed by atoms with Crippen molar-refractivity contribution < 1.29 is 9.59 Å².